The summed E-state index contributed by atoms with van der Waals surface area (Å²) in [4.78, 5) is 0. The number of aliphatic hydroxyl groups is 1. The minimum absolute atomic E-state index is 0.165. The van der Waals surface area contributed by atoms with Gasteiger partial charge in [0.05, 0.1) is 5.60 Å². The normalized spacial score (nSPS) is 14.6. The molecule has 0 aliphatic rings. The van der Waals surface area contributed by atoms with Crippen molar-refractivity contribution in [2.75, 3.05) is 13.2 Å². The molecule has 102 valence electrons. The Kier molecular flexibility index (Phi) is 5.63. The van der Waals surface area contributed by atoms with Crippen molar-refractivity contribution < 1.29 is 9.84 Å². The molecule has 0 saturated carbocycles. The second-order valence-electron chi connectivity index (χ2n) is 5.19. The van der Waals surface area contributed by atoms with E-state index in [2.05, 4.69) is 12.2 Å². The molecular formula is C15H25NO2. The maximum absolute atomic E-state index is 10.2. The van der Waals surface area contributed by atoms with E-state index >= 15 is 0 Å². The highest BCUT2D eigenvalue weighted by molar-refractivity contribution is 5.33. The Morgan fingerprint density at radius 2 is 2.00 bits per heavy atom. The molecule has 1 atom stereocenters. The molecule has 3 nitrogen and oxygen atoms in total. The van der Waals surface area contributed by atoms with E-state index < -0.39 is 5.60 Å². The van der Waals surface area contributed by atoms with Crippen LogP contribution in [0.15, 0.2) is 24.3 Å². The van der Waals surface area contributed by atoms with Crippen molar-refractivity contribution in [1.29, 1.82) is 0 Å². The molecule has 0 aliphatic heterocycles. The SMILES string of the molecule is CCNCc1ccccc1OCC(C)(O)C(C)C. The van der Waals surface area contributed by atoms with Gasteiger partial charge in [-0.3, -0.25) is 0 Å². The molecule has 1 rings (SSSR count). The number of nitrogens with one attached hydrogen (secondary N) is 1. The third kappa shape index (κ3) is 4.31. The molecule has 3 heteroatoms. The van der Waals surface area contributed by atoms with E-state index in [0.717, 1.165) is 24.4 Å². The fourth-order valence-electron chi connectivity index (χ4n) is 1.44. The van der Waals surface area contributed by atoms with Gasteiger partial charge in [0.25, 0.3) is 0 Å². The van der Waals surface area contributed by atoms with E-state index in [0.29, 0.717) is 6.61 Å². The van der Waals surface area contributed by atoms with E-state index in [1.807, 2.05) is 45.0 Å². The largest absolute Gasteiger partial charge is 0.490 e. The van der Waals surface area contributed by atoms with Crippen molar-refractivity contribution in [3.8, 4) is 5.75 Å². The Hall–Kier alpha value is -1.06. The summed E-state index contributed by atoms with van der Waals surface area (Å²) in [5.41, 5.74) is 0.324. The van der Waals surface area contributed by atoms with Gasteiger partial charge in [-0.05, 0) is 25.5 Å². The van der Waals surface area contributed by atoms with Crippen LogP contribution in [0.3, 0.4) is 0 Å². The van der Waals surface area contributed by atoms with Gasteiger partial charge in [0.1, 0.15) is 12.4 Å². The number of para-hydroxylation sites is 1. The monoisotopic (exact) mass is 251 g/mol. The highest BCUT2D eigenvalue weighted by atomic mass is 16.5. The van der Waals surface area contributed by atoms with Crippen LogP contribution >= 0.6 is 0 Å². The number of rotatable bonds is 7. The lowest BCUT2D eigenvalue weighted by Crippen LogP contribution is -2.38. The van der Waals surface area contributed by atoms with Gasteiger partial charge in [-0.15, -0.1) is 0 Å². The molecule has 1 unspecified atom stereocenters. The fourth-order valence-corrected chi connectivity index (χ4v) is 1.44. The average Bonchev–Trinajstić information content (AvgIpc) is 2.34. The van der Waals surface area contributed by atoms with Crippen molar-refractivity contribution >= 4 is 0 Å². The molecule has 0 amide bonds. The molecule has 2 N–H and O–H groups in total. The fraction of sp³-hybridized carbons (Fsp3) is 0.600. The Balaban J connectivity index is 2.66. The van der Waals surface area contributed by atoms with E-state index in [4.69, 9.17) is 4.74 Å². The molecule has 0 bridgehead atoms. The number of hydrogen-bond acceptors (Lipinski definition) is 3. The van der Waals surface area contributed by atoms with E-state index in [-0.39, 0.29) is 5.92 Å². The summed E-state index contributed by atoms with van der Waals surface area (Å²) in [6.07, 6.45) is 0. The predicted octanol–water partition coefficient (Wildman–Crippen LogP) is 2.58. The summed E-state index contributed by atoms with van der Waals surface area (Å²) in [5.74, 6) is 1.01. The summed E-state index contributed by atoms with van der Waals surface area (Å²) >= 11 is 0. The zero-order chi connectivity index (χ0) is 13.6. The quantitative estimate of drug-likeness (QED) is 0.782. The van der Waals surface area contributed by atoms with Crippen LogP contribution in [-0.2, 0) is 6.54 Å². The van der Waals surface area contributed by atoms with Gasteiger partial charge in [0.15, 0.2) is 0 Å². The maximum atomic E-state index is 10.2. The summed E-state index contributed by atoms with van der Waals surface area (Å²) in [6, 6.07) is 7.94. The Morgan fingerprint density at radius 3 is 2.61 bits per heavy atom. The summed E-state index contributed by atoms with van der Waals surface area (Å²) in [5, 5.41) is 13.5. The van der Waals surface area contributed by atoms with Crippen LogP contribution < -0.4 is 10.1 Å². The second kappa shape index (κ2) is 6.76. The van der Waals surface area contributed by atoms with E-state index in [9.17, 15) is 5.11 Å². The molecule has 0 saturated heterocycles. The van der Waals surface area contributed by atoms with Crippen molar-refractivity contribution in [3.63, 3.8) is 0 Å². The molecule has 1 aromatic carbocycles. The highest BCUT2D eigenvalue weighted by Crippen LogP contribution is 2.22. The second-order valence-corrected chi connectivity index (χ2v) is 5.19. The molecule has 18 heavy (non-hydrogen) atoms. The number of hydrogen-bond donors (Lipinski definition) is 2. The first-order valence-electron chi connectivity index (χ1n) is 6.61. The van der Waals surface area contributed by atoms with Crippen molar-refractivity contribution in [2.45, 2.75) is 39.8 Å². The van der Waals surface area contributed by atoms with Gasteiger partial charge in [-0.25, -0.2) is 0 Å². The van der Waals surface area contributed by atoms with Gasteiger partial charge in [0.2, 0.25) is 0 Å². The molecular weight excluding hydrogens is 226 g/mol. The summed E-state index contributed by atoms with van der Waals surface area (Å²) in [7, 11) is 0. The molecule has 0 aromatic heterocycles. The first kappa shape index (κ1) is 15.0. The minimum Gasteiger partial charge on any atom is -0.490 e. The molecule has 0 aliphatic carbocycles. The molecule has 0 fully saturated rings. The van der Waals surface area contributed by atoms with Crippen LogP contribution in [0.2, 0.25) is 0 Å². The third-order valence-corrected chi connectivity index (χ3v) is 3.30. The van der Waals surface area contributed by atoms with Crippen LogP contribution in [0.5, 0.6) is 5.75 Å². The zero-order valence-corrected chi connectivity index (χ0v) is 11.9. The van der Waals surface area contributed by atoms with Crippen LogP contribution in [-0.4, -0.2) is 23.9 Å². The first-order valence-corrected chi connectivity index (χ1v) is 6.61. The Labute approximate surface area is 110 Å². The molecule has 1 aromatic rings. The number of ether oxygens (including phenoxy) is 1. The third-order valence-electron chi connectivity index (χ3n) is 3.30. The smallest absolute Gasteiger partial charge is 0.123 e. The summed E-state index contributed by atoms with van der Waals surface area (Å²) < 4.78 is 5.77. The standard InChI is InChI=1S/C15H25NO2/c1-5-16-10-13-8-6-7-9-14(13)18-11-15(4,17)12(2)3/h6-9,12,16-17H,5,10-11H2,1-4H3. The minimum atomic E-state index is -0.800. The average molecular weight is 251 g/mol. The van der Waals surface area contributed by atoms with Crippen molar-refractivity contribution in [3.05, 3.63) is 29.8 Å². The summed E-state index contributed by atoms with van der Waals surface area (Å²) in [6.45, 7) is 9.90. The van der Waals surface area contributed by atoms with Gasteiger partial charge >= 0.3 is 0 Å². The van der Waals surface area contributed by atoms with Crippen LogP contribution in [0.25, 0.3) is 0 Å². The lowest BCUT2D eigenvalue weighted by Gasteiger charge is -2.28. The van der Waals surface area contributed by atoms with Gasteiger partial charge in [-0.2, -0.15) is 0 Å². The van der Waals surface area contributed by atoms with E-state index in [1.54, 1.807) is 0 Å². The van der Waals surface area contributed by atoms with Gasteiger partial charge < -0.3 is 15.2 Å². The molecule has 0 radical (unpaired) electrons. The Bertz CT molecular complexity index is 361. The van der Waals surface area contributed by atoms with Crippen molar-refractivity contribution in [2.24, 2.45) is 5.92 Å². The maximum Gasteiger partial charge on any atom is 0.123 e. The molecule has 0 heterocycles. The van der Waals surface area contributed by atoms with Crippen LogP contribution in [0.4, 0.5) is 0 Å². The number of benzene rings is 1. The lowest BCUT2D eigenvalue weighted by molar-refractivity contribution is -0.0268. The van der Waals surface area contributed by atoms with E-state index in [1.165, 1.54) is 0 Å². The molecule has 0 spiro atoms. The zero-order valence-electron chi connectivity index (χ0n) is 11.9. The van der Waals surface area contributed by atoms with Gasteiger partial charge in [0, 0.05) is 12.1 Å². The topological polar surface area (TPSA) is 41.5 Å². The first-order chi connectivity index (χ1) is 8.47. The van der Waals surface area contributed by atoms with Crippen LogP contribution in [0.1, 0.15) is 33.3 Å². The van der Waals surface area contributed by atoms with Crippen molar-refractivity contribution in [1.82, 2.24) is 5.32 Å². The van der Waals surface area contributed by atoms with Crippen LogP contribution in [0, 0.1) is 5.92 Å². The Morgan fingerprint density at radius 1 is 1.33 bits per heavy atom. The highest BCUT2D eigenvalue weighted by Gasteiger charge is 2.26. The predicted molar refractivity (Wildman–Crippen MR) is 74.8 cm³/mol. The van der Waals surface area contributed by atoms with Gasteiger partial charge in [-0.1, -0.05) is 39.0 Å². The lowest BCUT2D eigenvalue weighted by atomic mass is 9.94.